The van der Waals surface area contributed by atoms with Crippen LogP contribution in [-0.2, 0) is 22.6 Å². The van der Waals surface area contributed by atoms with Crippen LogP contribution in [0.4, 0.5) is 9.18 Å². The van der Waals surface area contributed by atoms with Crippen molar-refractivity contribution >= 4 is 29.2 Å². The largest absolute Gasteiger partial charge is 0.489 e. The van der Waals surface area contributed by atoms with E-state index in [-0.39, 0.29) is 18.0 Å². The maximum absolute atomic E-state index is 13.0. The molecule has 2 N–H and O–H groups in total. The van der Waals surface area contributed by atoms with E-state index >= 15 is 0 Å². The fourth-order valence-corrected chi connectivity index (χ4v) is 3.34. The normalized spacial score (nSPS) is 10.3. The van der Waals surface area contributed by atoms with Gasteiger partial charge in [0.2, 0.25) is 0 Å². The summed E-state index contributed by atoms with van der Waals surface area (Å²) in [7, 11) is 0. The summed E-state index contributed by atoms with van der Waals surface area (Å²) >= 11 is 1.58. The Bertz CT molecular complexity index is 1050. The number of esters is 1. The Labute approximate surface area is 188 Å². The van der Waals surface area contributed by atoms with Gasteiger partial charge in [0.25, 0.3) is 5.91 Å². The number of imide groups is 1. The monoisotopic (exact) mass is 456 g/mol. The maximum atomic E-state index is 13.0. The fourth-order valence-electron chi connectivity index (χ4n) is 2.64. The predicted molar refractivity (Wildman–Crippen MR) is 117 cm³/mol. The number of carbonyl (C=O) groups excluding carboxylic acids is 3. The summed E-state index contributed by atoms with van der Waals surface area (Å²) < 4.78 is 23.5. The Hall–Kier alpha value is -3.72. The highest BCUT2D eigenvalue weighted by atomic mass is 32.1. The minimum Gasteiger partial charge on any atom is -0.489 e. The lowest BCUT2D eigenvalue weighted by Crippen LogP contribution is -2.42. The molecule has 3 amide bonds. The van der Waals surface area contributed by atoms with Crippen LogP contribution in [0.3, 0.4) is 0 Å². The van der Waals surface area contributed by atoms with Crippen LogP contribution in [0.15, 0.2) is 66.0 Å². The van der Waals surface area contributed by atoms with Gasteiger partial charge >= 0.3 is 12.0 Å². The van der Waals surface area contributed by atoms with Crippen molar-refractivity contribution in [3.05, 3.63) is 87.9 Å². The van der Waals surface area contributed by atoms with Gasteiger partial charge in [0.1, 0.15) is 18.2 Å². The van der Waals surface area contributed by atoms with Crippen molar-refractivity contribution in [3.63, 3.8) is 0 Å². The van der Waals surface area contributed by atoms with Gasteiger partial charge in [-0.25, -0.2) is 14.0 Å². The van der Waals surface area contributed by atoms with Gasteiger partial charge in [-0.05, 0) is 53.8 Å². The molecular weight excluding hydrogens is 435 g/mol. The molecule has 32 heavy (non-hydrogen) atoms. The average Bonchev–Trinajstić information content (AvgIpc) is 3.31. The number of benzene rings is 2. The van der Waals surface area contributed by atoms with Crippen LogP contribution in [-0.4, -0.2) is 31.1 Å². The topological polar surface area (TPSA) is 93.7 Å². The van der Waals surface area contributed by atoms with E-state index in [1.54, 1.807) is 35.6 Å². The molecule has 1 heterocycles. The highest BCUT2D eigenvalue weighted by Crippen LogP contribution is 2.16. The molecule has 0 aliphatic rings. The number of amides is 3. The molecule has 0 fully saturated rings. The van der Waals surface area contributed by atoms with Gasteiger partial charge in [0.15, 0.2) is 6.61 Å². The lowest BCUT2D eigenvalue weighted by molar-refractivity contribution is -0.123. The zero-order valence-electron chi connectivity index (χ0n) is 17.0. The van der Waals surface area contributed by atoms with Crippen LogP contribution in [0.1, 0.15) is 20.8 Å². The first-order chi connectivity index (χ1) is 15.5. The molecule has 0 bridgehead atoms. The van der Waals surface area contributed by atoms with E-state index in [0.29, 0.717) is 18.7 Å². The van der Waals surface area contributed by atoms with Crippen molar-refractivity contribution in [2.75, 3.05) is 13.2 Å². The third-order valence-corrected chi connectivity index (χ3v) is 5.15. The van der Waals surface area contributed by atoms with E-state index < -0.39 is 24.5 Å². The average molecular weight is 456 g/mol. The summed E-state index contributed by atoms with van der Waals surface area (Å²) in [6, 6.07) is 15.4. The molecule has 0 aliphatic heterocycles. The Morgan fingerprint density at radius 1 is 1.00 bits per heavy atom. The second kappa shape index (κ2) is 11.6. The number of thiophene rings is 1. The smallest absolute Gasteiger partial charge is 0.338 e. The molecule has 3 aromatic rings. The molecule has 1 aromatic heterocycles. The quantitative estimate of drug-likeness (QED) is 0.479. The maximum Gasteiger partial charge on any atom is 0.338 e. The van der Waals surface area contributed by atoms with E-state index in [1.807, 2.05) is 17.5 Å². The first-order valence-corrected chi connectivity index (χ1v) is 10.6. The number of rotatable bonds is 9. The van der Waals surface area contributed by atoms with Gasteiger partial charge in [-0.15, -0.1) is 11.3 Å². The Balaban J connectivity index is 1.39. The van der Waals surface area contributed by atoms with Crippen LogP contribution in [0.25, 0.3) is 0 Å². The number of ether oxygens (including phenoxy) is 2. The summed E-state index contributed by atoms with van der Waals surface area (Å²) in [5, 5.41) is 6.62. The van der Waals surface area contributed by atoms with Crippen molar-refractivity contribution in [1.29, 1.82) is 0 Å². The molecule has 7 nitrogen and oxygen atoms in total. The summed E-state index contributed by atoms with van der Waals surface area (Å²) in [5.41, 5.74) is 0.958. The lowest BCUT2D eigenvalue weighted by atomic mass is 10.2. The zero-order chi connectivity index (χ0) is 22.8. The van der Waals surface area contributed by atoms with Gasteiger partial charge in [-0.2, -0.15) is 0 Å². The number of carbonyl (C=O) groups is 3. The van der Waals surface area contributed by atoms with Gasteiger partial charge in [-0.3, -0.25) is 10.1 Å². The summed E-state index contributed by atoms with van der Waals surface area (Å²) in [5.74, 6) is -1.39. The molecule has 166 valence electrons. The highest BCUT2D eigenvalue weighted by molar-refractivity contribution is 7.09. The predicted octanol–water partition coefficient (Wildman–Crippen LogP) is 3.69. The van der Waals surface area contributed by atoms with Crippen LogP contribution < -0.4 is 15.4 Å². The number of nitrogens with one attached hydrogen (secondary N) is 2. The standard InChI is InChI=1S/C23H21FN2O5S/c24-18-8-6-16(7-9-18)14-30-19-4-1-3-17(13-19)22(28)31-15-21(27)26-23(29)25-11-10-20-5-2-12-32-20/h1-9,12-13H,10-11,14-15H2,(H2,25,26,27,29). The Morgan fingerprint density at radius 2 is 1.81 bits per heavy atom. The third-order valence-electron chi connectivity index (χ3n) is 4.21. The van der Waals surface area contributed by atoms with E-state index in [2.05, 4.69) is 10.6 Å². The molecule has 2 aromatic carbocycles. The second-order valence-electron chi connectivity index (χ2n) is 6.65. The number of halogens is 1. The van der Waals surface area contributed by atoms with Crippen LogP contribution in [0.2, 0.25) is 0 Å². The number of urea groups is 1. The molecule has 0 saturated carbocycles. The Kier molecular flexibility index (Phi) is 8.33. The number of hydrogen-bond donors (Lipinski definition) is 2. The Morgan fingerprint density at radius 3 is 2.56 bits per heavy atom. The van der Waals surface area contributed by atoms with Gasteiger partial charge in [-0.1, -0.05) is 24.3 Å². The molecule has 0 radical (unpaired) electrons. The molecule has 3 rings (SSSR count). The molecule has 0 spiro atoms. The molecular formula is C23H21FN2O5S. The second-order valence-corrected chi connectivity index (χ2v) is 7.68. The van der Waals surface area contributed by atoms with Crippen molar-refractivity contribution in [1.82, 2.24) is 10.6 Å². The van der Waals surface area contributed by atoms with Gasteiger partial charge in [0, 0.05) is 11.4 Å². The van der Waals surface area contributed by atoms with Crippen LogP contribution >= 0.6 is 11.3 Å². The minimum absolute atomic E-state index is 0.190. The molecule has 9 heteroatoms. The van der Waals surface area contributed by atoms with Gasteiger partial charge < -0.3 is 14.8 Å². The molecule has 0 unspecified atom stereocenters. The molecule has 0 saturated heterocycles. The summed E-state index contributed by atoms with van der Waals surface area (Å²) in [6.45, 7) is -0.0231. The third kappa shape index (κ3) is 7.51. The fraction of sp³-hybridized carbons (Fsp3) is 0.174. The van der Waals surface area contributed by atoms with Crippen LogP contribution in [0, 0.1) is 5.82 Å². The van der Waals surface area contributed by atoms with Crippen molar-refractivity contribution < 1.29 is 28.2 Å². The SMILES string of the molecule is O=C(COC(=O)c1cccc(OCc2ccc(F)cc2)c1)NC(=O)NCCc1cccs1. The lowest BCUT2D eigenvalue weighted by Gasteiger charge is -2.09. The van der Waals surface area contributed by atoms with Crippen LogP contribution in [0.5, 0.6) is 5.75 Å². The van der Waals surface area contributed by atoms with Crippen molar-refractivity contribution in [3.8, 4) is 5.75 Å². The first-order valence-electron chi connectivity index (χ1n) is 9.74. The van der Waals surface area contributed by atoms with Gasteiger partial charge in [0.05, 0.1) is 5.56 Å². The van der Waals surface area contributed by atoms with Crippen molar-refractivity contribution in [2.45, 2.75) is 13.0 Å². The van der Waals surface area contributed by atoms with E-state index in [4.69, 9.17) is 9.47 Å². The van der Waals surface area contributed by atoms with Crippen molar-refractivity contribution in [2.24, 2.45) is 0 Å². The number of hydrogen-bond acceptors (Lipinski definition) is 6. The first kappa shape index (κ1) is 23.0. The van der Waals surface area contributed by atoms with E-state index in [0.717, 1.165) is 10.4 Å². The molecule has 0 atom stereocenters. The minimum atomic E-state index is -0.740. The summed E-state index contributed by atoms with van der Waals surface area (Å²) in [4.78, 5) is 36.9. The molecule has 0 aliphatic carbocycles. The highest BCUT2D eigenvalue weighted by Gasteiger charge is 2.13. The van der Waals surface area contributed by atoms with E-state index in [9.17, 15) is 18.8 Å². The zero-order valence-corrected chi connectivity index (χ0v) is 17.8. The summed E-state index contributed by atoms with van der Waals surface area (Å²) in [6.07, 6.45) is 0.661. The van der Waals surface area contributed by atoms with E-state index in [1.165, 1.54) is 24.3 Å².